The molecule has 2 N–H and O–H groups in total. The maximum atomic E-state index is 12.0. The van der Waals surface area contributed by atoms with E-state index in [2.05, 4.69) is 10.6 Å². The van der Waals surface area contributed by atoms with E-state index in [9.17, 15) is 14.9 Å². The molecule has 6 heteroatoms. The maximum Gasteiger partial charge on any atom is 0.305 e. The number of unbranched alkanes of at least 4 members (excludes halogenated alkanes) is 1. The van der Waals surface area contributed by atoms with Gasteiger partial charge >= 0.3 is 5.69 Å². The highest BCUT2D eigenvalue weighted by molar-refractivity contribution is 6.00. The molecule has 0 bridgehead atoms. The fraction of sp³-hybridized carbons (Fsp3) is 0.462. The number of nitro groups is 1. The minimum Gasteiger partial charge on any atom is -0.380 e. The van der Waals surface area contributed by atoms with Gasteiger partial charge in [-0.05, 0) is 25.5 Å². The summed E-state index contributed by atoms with van der Waals surface area (Å²) < 4.78 is 0. The van der Waals surface area contributed by atoms with Gasteiger partial charge in [-0.1, -0.05) is 19.4 Å². The first-order valence-electron chi connectivity index (χ1n) is 6.41. The zero-order valence-electron chi connectivity index (χ0n) is 11.2. The quantitative estimate of drug-likeness (QED) is 0.451. The van der Waals surface area contributed by atoms with E-state index in [0.717, 1.165) is 12.8 Å². The highest BCUT2D eigenvalue weighted by Gasteiger charge is 2.23. The van der Waals surface area contributed by atoms with Gasteiger partial charge in [0.1, 0.15) is 11.3 Å². The number of amides is 1. The van der Waals surface area contributed by atoms with Crippen molar-refractivity contribution >= 4 is 17.3 Å². The van der Waals surface area contributed by atoms with Gasteiger partial charge in [0, 0.05) is 13.1 Å². The van der Waals surface area contributed by atoms with Crippen LogP contribution in [-0.2, 0) is 0 Å². The fourth-order valence-corrected chi connectivity index (χ4v) is 1.73. The number of carbonyl (C=O) groups excluding carboxylic acids is 1. The van der Waals surface area contributed by atoms with E-state index >= 15 is 0 Å². The molecule has 1 rings (SSSR count). The second-order valence-electron chi connectivity index (χ2n) is 4.10. The van der Waals surface area contributed by atoms with Crippen LogP contribution in [0.4, 0.5) is 11.4 Å². The molecule has 0 aliphatic heterocycles. The summed E-state index contributed by atoms with van der Waals surface area (Å²) in [4.78, 5) is 22.6. The second kappa shape index (κ2) is 7.35. The van der Waals surface area contributed by atoms with Gasteiger partial charge in [0.15, 0.2) is 0 Å². The number of rotatable bonds is 7. The Morgan fingerprint density at radius 3 is 2.68 bits per heavy atom. The summed E-state index contributed by atoms with van der Waals surface area (Å²) in [5.74, 6) is -0.403. The van der Waals surface area contributed by atoms with E-state index in [4.69, 9.17) is 0 Å². The van der Waals surface area contributed by atoms with Gasteiger partial charge in [0.2, 0.25) is 0 Å². The van der Waals surface area contributed by atoms with E-state index in [1.807, 2.05) is 13.8 Å². The molecule has 0 unspecified atom stereocenters. The van der Waals surface area contributed by atoms with Crippen molar-refractivity contribution in [3.8, 4) is 0 Å². The predicted octanol–water partition coefficient (Wildman–Crippen LogP) is 2.56. The Kier molecular flexibility index (Phi) is 5.78. The lowest BCUT2D eigenvalue weighted by Crippen LogP contribution is -2.25. The maximum absolute atomic E-state index is 12.0. The smallest absolute Gasteiger partial charge is 0.305 e. The minimum absolute atomic E-state index is 0.0968. The molecule has 19 heavy (non-hydrogen) atoms. The molecule has 0 aliphatic carbocycles. The molecular formula is C13H19N3O3. The first-order valence-corrected chi connectivity index (χ1v) is 6.41. The number of para-hydroxylation sites is 1. The van der Waals surface area contributed by atoms with E-state index < -0.39 is 10.8 Å². The van der Waals surface area contributed by atoms with E-state index in [1.54, 1.807) is 12.1 Å². The molecule has 0 heterocycles. The Bertz CT molecular complexity index is 460. The zero-order valence-corrected chi connectivity index (χ0v) is 11.2. The largest absolute Gasteiger partial charge is 0.380 e. The lowest BCUT2D eigenvalue weighted by molar-refractivity contribution is -0.384. The summed E-state index contributed by atoms with van der Waals surface area (Å²) in [5.41, 5.74) is 0.300. The van der Waals surface area contributed by atoms with Gasteiger partial charge in [0.25, 0.3) is 5.91 Å². The predicted molar refractivity (Wildman–Crippen MR) is 74.5 cm³/mol. The van der Waals surface area contributed by atoms with Crippen LogP contribution in [0.25, 0.3) is 0 Å². The first-order chi connectivity index (χ1) is 9.11. The van der Waals surface area contributed by atoms with Crippen LogP contribution in [0.5, 0.6) is 0 Å². The number of anilines is 1. The van der Waals surface area contributed by atoms with Crippen molar-refractivity contribution in [1.82, 2.24) is 5.32 Å². The lowest BCUT2D eigenvalue weighted by atomic mass is 10.1. The number of nitrogens with one attached hydrogen (secondary N) is 2. The number of hydrogen-bond donors (Lipinski definition) is 2. The zero-order chi connectivity index (χ0) is 14.3. The summed E-state index contributed by atoms with van der Waals surface area (Å²) in [6.07, 6.45) is 1.81. The molecule has 0 saturated heterocycles. The van der Waals surface area contributed by atoms with Crippen LogP contribution in [0.2, 0.25) is 0 Å². The molecule has 0 fully saturated rings. The van der Waals surface area contributed by atoms with Crippen molar-refractivity contribution in [3.05, 3.63) is 33.9 Å². The van der Waals surface area contributed by atoms with Gasteiger partial charge in [-0.2, -0.15) is 0 Å². The third-order valence-electron chi connectivity index (χ3n) is 2.65. The summed E-state index contributed by atoms with van der Waals surface area (Å²) in [5, 5.41) is 16.7. The SMILES string of the molecule is CCCCNC(=O)c1cccc(NCC)c1[N+](=O)[O-]. The molecule has 0 radical (unpaired) electrons. The van der Waals surface area contributed by atoms with Crippen LogP contribution in [0.15, 0.2) is 18.2 Å². The van der Waals surface area contributed by atoms with Gasteiger partial charge < -0.3 is 10.6 Å². The Morgan fingerprint density at radius 2 is 2.11 bits per heavy atom. The third-order valence-corrected chi connectivity index (χ3v) is 2.65. The second-order valence-corrected chi connectivity index (χ2v) is 4.10. The van der Waals surface area contributed by atoms with Crippen molar-refractivity contribution < 1.29 is 9.72 Å². The van der Waals surface area contributed by atoms with Gasteiger partial charge in [-0.3, -0.25) is 14.9 Å². The highest BCUT2D eigenvalue weighted by Crippen LogP contribution is 2.28. The van der Waals surface area contributed by atoms with Gasteiger partial charge in [-0.15, -0.1) is 0 Å². The molecule has 0 aromatic heterocycles. The number of nitro benzene ring substituents is 1. The molecule has 0 atom stereocenters. The number of carbonyl (C=O) groups is 1. The Labute approximate surface area is 112 Å². The van der Waals surface area contributed by atoms with Crippen molar-refractivity contribution in [2.45, 2.75) is 26.7 Å². The monoisotopic (exact) mass is 265 g/mol. The molecule has 1 aromatic rings. The standard InChI is InChI=1S/C13H19N3O3/c1-3-5-9-15-13(17)10-7-6-8-11(14-4-2)12(10)16(18)19/h6-8,14H,3-5,9H2,1-2H3,(H,15,17). The molecule has 1 aromatic carbocycles. The molecule has 1 amide bonds. The van der Waals surface area contributed by atoms with Crippen LogP contribution in [0.1, 0.15) is 37.0 Å². The summed E-state index contributed by atoms with van der Waals surface area (Å²) in [6, 6.07) is 4.71. The van der Waals surface area contributed by atoms with Crippen molar-refractivity contribution in [3.63, 3.8) is 0 Å². The van der Waals surface area contributed by atoms with Crippen LogP contribution >= 0.6 is 0 Å². The van der Waals surface area contributed by atoms with Crippen molar-refractivity contribution in [1.29, 1.82) is 0 Å². The molecule has 0 aliphatic rings. The topological polar surface area (TPSA) is 84.3 Å². The molecular weight excluding hydrogens is 246 g/mol. The Hall–Kier alpha value is -2.11. The van der Waals surface area contributed by atoms with E-state index in [1.165, 1.54) is 6.07 Å². The number of hydrogen-bond acceptors (Lipinski definition) is 4. The van der Waals surface area contributed by atoms with E-state index in [0.29, 0.717) is 18.8 Å². The van der Waals surface area contributed by atoms with E-state index in [-0.39, 0.29) is 11.3 Å². The number of benzene rings is 1. The van der Waals surface area contributed by atoms with Crippen LogP contribution in [0, 0.1) is 10.1 Å². The summed E-state index contributed by atoms with van der Waals surface area (Å²) in [6.45, 7) is 4.94. The first kappa shape index (κ1) is 14.9. The molecule has 6 nitrogen and oxygen atoms in total. The lowest BCUT2D eigenvalue weighted by Gasteiger charge is -2.09. The summed E-state index contributed by atoms with van der Waals surface area (Å²) >= 11 is 0. The van der Waals surface area contributed by atoms with Gasteiger partial charge in [-0.25, -0.2) is 0 Å². The average Bonchev–Trinajstić information content (AvgIpc) is 2.38. The normalized spacial score (nSPS) is 10.0. The molecule has 0 saturated carbocycles. The average molecular weight is 265 g/mol. The third kappa shape index (κ3) is 3.94. The van der Waals surface area contributed by atoms with Crippen molar-refractivity contribution in [2.75, 3.05) is 18.4 Å². The van der Waals surface area contributed by atoms with Gasteiger partial charge in [0.05, 0.1) is 4.92 Å². The van der Waals surface area contributed by atoms with Crippen molar-refractivity contribution in [2.24, 2.45) is 0 Å². The fourth-order valence-electron chi connectivity index (χ4n) is 1.73. The minimum atomic E-state index is -0.521. The molecule has 104 valence electrons. The summed E-state index contributed by atoms with van der Waals surface area (Å²) in [7, 11) is 0. The van der Waals surface area contributed by atoms with Crippen LogP contribution < -0.4 is 10.6 Å². The molecule has 0 spiro atoms. The van der Waals surface area contributed by atoms with Crippen LogP contribution in [-0.4, -0.2) is 23.9 Å². The highest BCUT2D eigenvalue weighted by atomic mass is 16.6. The Morgan fingerprint density at radius 1 is 1.37 bits per heavy atom. The van der Waals surface area contributed by atoms with Crippen LogP contribution in [0.3, 0.4) is 0 Å². The Balaban J connectivity index is 3.02. The number of nitrogens with zero attached hydrogens (tertiary/aromatic N) is 1.